The monoisotopic (exact) mass is 354 g/mol. The molecule has 2 aromatic rings. The number of halogens is 2. The number of nitrogens with two attached hydrogens (primary N) is 1. The largest absolute Gasteiger partial charge is 0.397 e. The fraction of sp³-hybridized carbons (Fsp3) is 0.214. The van der Waals surface area contributed by atoms with Crippen molar-refractivity contribution in [3.8, 4) is 16.5 Å². The van der Waals surface area contributed by atoms with Gasteiger partial charge in [-0.25, -0.2) is 0 Å². The SMILES string of the molecule is CCCc1c(-c2cc(Cl)cc(Br)c2)sc(C#N)c1N. The van der Waals surface area contributed by atoms with Gasteiger partial charge in [0.15, 0.2) is 0 Å². The number of thiophene rings is 1. The lowest BCUT2D eigenvalue weighted by Gasteiger charge is -2.05. The number of hydrogen-bond donors (Lipinski definition) is 1. The van der Waals surface area contributed by atoms with E-state index in [0.29, 0.717) is 15.6 Å². The molecule has 0 saturated heterocycles. The number of nitriles is 1. The summed E-state index contributed by atoms with van der Waals surface area (Å²) in [5.74, 6) is 0. The first kappa shape index (κ1) is 14.4. The Labute approximate surface area is 129 Å². The van der Waals surface area contributed by atoms with Crippen molar-refractivity contribution in [3.63, 3.8) is 0 Å². The summed E-state index contributed by atoms with van der Waals surface area (Å²) in [4.78, 5) is 1.62. The van der Waals surface area contributed by atoms with Gasteiger partial charge in [0, 0.05) is 14.4 Å². The van der Waals surface area contributed by atoms with E-state index in [4.69, 9.17) is 22.6 Å². The minimum Gasteiger partial charge on any atom is -0.397 e. The summed E-state index contributed by atoms with van der Waals surface area (Å²) in [5.41, 5.74) is 8.72. The zero-order chi connectivity index (χ0) is 14.0. The molecule has 1 aromatic heterocycles. The second-order valence-corrected chi connectivity index (χ2v) is 6.55. The van der Waals surface area contributed by atoms with Crippen LogP contribution in [0, 0.1) is 11.3 Å². The lowest BCUT2D eigenvalue weighted by atomic mass is 10.0. The highest BCUT2D eigenvalue weighted by Gasteiger charge is 2.17. The Morgan fingerprint density at radius 1 is 1.42 bits per heavy atom. The summed E-state index contributed by atoms with van der Waals surface area (Å²) in [6.07, 6.45) is 1.85. The maximum atomic E-state index is 9.13. The molecule has 0 bridgehead atoms. The van der Waals surface area contributed by atoms with Crippen LogP contribution in [0.5, 0.6) is 0 Å². The second kappa shape index (κ2) is 5.96. The van der Waals surface area contributed by atoms with Crippen molar-refractivity contribution >= 4 is 44.6 Å². The van der Waals surface area contributed by atoms with Crippen LogP contribution in [-0.4, -0.2) is 0 Å². The molecule has 0 aliphatic carbocycles. The molecule has 0 aliphatic heterocycles. The molecule has 0 saturated carbocycles. The summed E-state index contributed by atoms with van der Waals surface area (Å²) < 4.78 is 0.919. The van der Waals surface area contributed by atoms with E-state index in [9.17, 15) is 0 Å². The average Bonchev–Trinajstić information content (AvgIpc) is 2.66. The predicted molar refractivity (Wildman–Crippen MR) is 85.6 cm³/mol. The summed E-state index contributed by atoms with van der Waals surface area (Å²) in [5, 5.41) is 9.79. The van der Waals surface area contributed by atoms with Crippen molar-refractivity contribution in [2.24, 2.45) is 0 Å². The Kier molecular flexibility index (Phi) is 4.51. The average molecular weight is 356 g/mol. The van der Waals surface area contributed by atoms with E-state index >= 15 is 0 Å². The molecule has 2 nitrogen and oxygen atoms in total. The summed E-state index contributed by atoms with van der Waals surface area (Å²) in [6, 6.07) is 7.90. The Hall–Kier alpha value is -1.02. The molecule has 0 atom stereocenters. The van der Waals surface area contributed by atoms with Crippen molar-refractivity contribution in [3.05, 3.63) is 38.1 Å². The van der Waals surface area contributed by atoms with Crippen LogP contribution in [0.1, 0.15) is 23.8 Å². The van der Waals surface area contributed by atoms with Gasteiger partial charge in [0.1, 0.15) is 10.9 Å². The second-order valence-electron chi connectivity index (χ2n) is 4.17. The molecule has 2 N–H and O–H groups in total. The molecule has 1 aromatic carbocycles. The van der Waals surface area contributed by atoms with Crippen LogP contribution in [-0.2, 0) is 6.42 Å². The van der Waals surface area contributed by atoms with Gasteiger partial charge in [-0.3, -0.25) is 0 Å². The van der Waals surface area contributed by atoms with Crippen molar-refractivity contribution < 1.29 is 0 Å². The summed E-state index contributed by atoms with van der Waals surface area (Å²) in [6.45, 7) is 2.10. The molecular formula is C14H12BrClN2S. The molecule has 0 spiro atoms. The highest BCUT2D eigenvalue weighted by Crippen LogP contribution is 2.40. The summed E-state index contributed by atoms with van der Waals surface area (Å²) >= 11 is 11.0. The third kappa shape index (κ3) is 2.94. The van der Waals surface area contributed by atoms with Crippen LogP contribution in [0.25, 0.3) is 10.4 Å². The van der Waals surface area contributed by atoms with E-state index in [-0.39, 0.29) is 0 Å². The minimum atomic E-state index is 0.578. The Balaban J connectivity index is 2.64. The smallest absolute Gasteiger partial charge is 0.128 e. The third-order valence-electron chi connectivity index (χ3n) is 2.77. The normalized spacial score (nSPS) is 10.4. The lowest BCUT2D eigenvalue weighted by Crippen LogP contribution is -1.93. The molecule has 1 heterocycles. The van der Waals surface area contributed by atoms with Crippen LogP contribution in [0.2, 0.25) is 5.02 Å². The number of benzene rings is 1. The first-order valence-corrected chi connectivity index (χ1v) is 7.83. The van der Waals surface area contributed by atoms with Crippen LogP contribution >= 0.6 is 38.9 Å². The molecule has 19 heavy (non-hydrogen) atoms. The van der Waals surface area contributed by atoms with E-state index in [1.807, 2.05) is 18.2 Å². The molecular weight excluding hydrogens is 344 g/mol. The van der Waals surface area contributed by atoms with Gasteiger partial charge in [-0.1, -0.05) is 40.9 Å². The van der Waals surface area contributed by atoms with Crippen molar-refractivity contribution in [2.45, 2.75) is 19.8 Å². The molecule has 5 heteroatoms. The van der Waals surface area contributed by atoms with Gasteiger partial charge >= 0.3 is 0 Å². The lowest BCUT2D eigenvalue weighted by molar-refractivity contribution is 0.930. The minimum absolute atomic E-state index is 0.578. The van der Waals surface area contributed by atoms with Gasteiger partial charge in [-0.05, 0) is 35.7 Å². The molecule has 0 aliphatic rings. The molecule has 0 radical (unpaired) electrons. The third-order valence-corrected chi connectivity index (χ3v) is 4.65. The standard InChI is InChI=1S/C14H12BrClN2S/c1-2-3-11-13(18)12(7-17)19-14(11)8-4-9(15)6-10(16)5-8/h4-6H,2-3,18H2,1H3. The number of rotatable bonds is 3. The highest BCUT2D eigenvalue weighted by atomic mass is 79.9. The van der Waals surface area contributed by atoms with Crippen molar-refractivity contribution in [1.82, 2.24) is 0 Å². The van der Waals surface area contributed by atoms with Gasteiger partial charge in [0.25, 0.3) is 0 Å². The number of nitrogen functional groups attached to an aromatic ring is 1. The number of anilines is 1. The Morgan fingerprint density at radius 3 is 2.74 bits per heavy atom. The van der Waals surface area contributed by atoms with Gasteiger partial charge < -0.3 is 5.73 Å². The van der Waals surface area contributed by atoms with Gasteiger partial charge in [-0.15, -0.1) is 11.3 Å². The van der Waals surface area contributed by atoms with E-state index in [0.717, 1.165) is 33.3 Å². The molecule has 98 valence electrons. The maximum Gasteiger partial charge on any atom is 0.128 e. The summed E-state index contributed by atoms with van der Waals surface area (Å²) in [7, 11) is 0. The molecule has 0 unspecified atom stereocenters. The van der Waals surface area contributed by atoms with E-state index in [1.165, 1.54) is 11.3 Å². The topological polar surface area (TPSA) is 49.8 Å². The van der Waals surface area contributed by atoms with Gasteiger partial charge in [0.05, 0.1) is 5.69 Å². The predicted octanol–water partition coefficient (Wildman–Crippen LogP) is 5.24. The van der Waals surface area contributed by atoms with Crippen molar-refractivity contribution in [1.29, 1.82) is 5.26 Å². The Bertz CT molecular complexity index is 638. The van der Waals surface area contributed by atoms with E-state index in [1.54, 1.807) is 0 Å². The van der Waals surface area contributed by atoms with Crippen LogP contribution in [0.3, 0.4) is 0 Å². The van der Waals surface area contributed by atoms with E-state index in [2.05, 4.69) is 28.9 Å². The molecule has 0 amide bonds. The fourth-order valence-corrected chi connectivity index (χ4v) is 3.89. The quantitative estimate of drug-likeness (QED) is 0.818. The number of nitrogens with zero attached hydrogens (tertiary/aromatic N) is 1. The fourth-order valence-electron chi connectivity index (χ4n) is 1.98. The zero-order valence-electron chi connectivity index (χ0n) is 10.3. The number of hydrogen-bond acceptors (Lipinski definition) is 3. The first-order valence-electron chi connectivity index (χ1n) is 5.84. The Morgan fingerprint density at radius 2 is 2.16 bits per heavy atom. The van der Waals surface area contributed by atoms with Crippen LogP contribution in [0.4, 0.5) is 5.69 Å². The zero-order valence-corrected chi connectivity index (χ0v) is 13.5. The van der Waals surface area contributed by atoms with Crippen LogP contribution in [0.15, 0.2) is 22.7 Å². The molecule has 2 rings (SSSR count). The van der Waals surface area contributed by atoms with Crippen molar-refractivity contribution in [2.75, 3.05) is 5.73 Å². The van der Waals surface area contributed by atoms with Crippen LogP contribution < -0.4 is 5.73 Å². The van der Waals surface area contributed by atoms with Gasteiger partial charge in [-0.2, -0.15) is 5.26 Å². The van der Waals surface area contributed by atoms with E-state index < -0.39 is 0 Å². The van der Waals surface area contributed by atoms with Gasteiger partial charge in [0.2, 0.25) is 0 Å². The highest BCUT2D eigenvalue weighted by molar-refractivity contribution is 9.10. The maximum absolute atomic E-state index is 9.13. The molecule has 0 fully saturated rings. The first-order chi connectivity index (χ1) is 9.06.